The van der Waals surface area contributed by atoms with Gasteiger partial charge in [-0.3, -0.25) is 9.59 Å². The number of aromatic nitrogens is 1. The number of hydrogen-bond donors (Lipinski definition) is 2. The highest BCUT2D eigenvalue weighted by Crippen LogP contribution is 2.40. The van der Waals surface area contributed by atoms with E-state index >= 15 is 0 Å². The van der Waals surface area contributed by atoms with Gasteiger partial charge in [0.1, 0.15) is 10.6 Å². The summed E-state index contributed by atoms with van der Waals surface area (Å²) < 4.78 is 27.0. The SMILES string of the molecule is CCCCCCCc1cnc(C2(C)CC(c3ccc(C)cc3)=C(C(=O)NS(=O)(=O)C3CC3)C(=O)N2)s1. The van der Waals surface area contributed by atoms with Crippen molar-refractivity contribution in [2.45, 2.75) is 89.3 Å². The Morgan fingerprint density at radius 2 is 1.86 bits per heavy atom. The van der Waals surface area contributed by atoms with E-state index in [1.807, 2.05) is 44.3 Å². The zero-order chi connectivity index (χ0) is 25.9. The maximum atomic E-state index is 13.4. The molecular formula is C27H35N3O4S2. The Morgan fingerprint density at radius 3 is 2.53 bits per heavy atom. The molecule has 1 aliphatic heterocycles. The van der Waals surface area contributed by atoms with Crippen LogP contribution in [0.2, 0.25) is 0 Å². The Labute approximate surface area is 217 Å². The minimum atomic E-state index is -3.79. The molecule has 1 saturated carbocycles. The number of rotatable bonds is 11. The van der Waals surface area contributed by atoms with Crippen molar-refractivity contribution in [3.8, 4) is 0 Å². The molecule has 4 rings (SSSR count). The largest absolute Gasteiger partial charge is 0.340 e. The van der Waals surface area contributed by atoms with E-state index in [0.717, 1.165) is 29.0 Å². The summed E-state index contributed by atoms with van der Waals surface area (Å²) in [5.74, 6) is -1.46. The number of amides is 2. The molecule has 0 saturated heterocycles. The molecule has 0 bridgehead atoms. The Hall–Kier alpha value is -2.52. The van der Waals surface area contributed by atoms with Crippen LogP contribution in [-0.4, -0.2) is 30.5 Å². The van der Waals surface area contributed by atoms with Crippen molar-refractivity contribution in [3.63, 3.8) is 0 Å². The first-order valence-corrected chi connectivity index (χ1v) is 15.1. The Balaban J connectivity index is 1.62. The first kappa shape index (κ1) is 26.5. The molecule has 7 nitrogen and oxygen atoms in total. The second-order valence-corrected chi connectivity index (χ2v) is 13.2. The average Bonchev–Trinajstić information content (AvgIpc) is 3.58. The van der Waals surface area contributed by atoms with Crippen molar-refractivity contribution in [2.75, 3.05) is 0 Å². The average molecular weight is 530 g/mol. The van der Waals surface area contributed by atoms with Gasteiger partial charge in [0.05, 0.1) is 10.8 Å². The molecule has 2 aliphatic rings. The Morgan fingerprint density at radius 1 is 1.17 bits per heavy atom. The molecule has 1 aromatic carbocycles. The molecule has 2 heterocycles. The van der Waals surface area contributed by atoms with Crippen LogP contribution < -0.4 is 10.0 Å². The molecule has 2 amide bonds. The number of nitrogens with one attached hydrogen (secondary N) is 2. The fraction of sp³-hybridized carbons (Fsp3) is 0.519. The summed E-state index contributed by atoms with van der Waals surface area (Å²) in [6.07, 6.45) is 10.2. The second-order valence-electron chi connectivity index (χ2n) is 10.2. The van der Waals surface area contributed by atoms with Gasteiger partial charge in [-0.25, -0.2) is 18.1 Å². The van der Waals surface area contributed by atoms with Crippen LogP contribution in [0.25, 0.3) is 5.57 Å². The number of thiazole rings is 1. The van der Waals surface area contributed by atoms with Gasteiger partial charge in [-0.1, -0.05) is 62.4 Å². The molecule has 1 aromatic heterocycles. The van der Waals surface area contributed by atoms with E-state index < -0.39 is 32.6 Å². The summed E-state index contributed by atoms with van der Waals surface area (Å²) in [4.78, 5) is 32.3. The van der Waals surface area contributed by atoms with Crippen molar-refractivity contribution >= 4 is 38.7 Å². The van der Waals surface area contributed by atoms with Gasteiger partial charge in [-0.2, -0.15) is 0 Å². The van der Waals surface area contributed by atoms with Crippen molar-refractivity contribution in [1.82, 2.24) is 15.0 Å². The third kappa shape index (κ3) is 6.06. The van der Waals surface area contributed by atoms with Crippen LogP contribution in [0, 0.1) is 6.92 Å². The standard InChI is InChI=1S/C27H35N3O4S2/c1-4-5-6-7-8-9-20-17-28-26(35-20)27(3)16-22(19-12-10-18(2)11-13-19)23(24(31)29-27)25(32)30-36(33,34)21-14-15-21/h10-13,17,21H,4-9,14-16H2,1-3H3,(H,29,31)(H,30,32). The predicted octanol–water partition coefficient (Wildman–Crippen LogP) is 4.76. The molecule has 0 spiro atoms. The monoisotopic (exact) mass is 529 g/mol. The van der Waals surface area contributed by atoms with E-state index in [4.69, 9.17) is 0 Å². The zero-order valence-corrected chi connectivity index (χ0v) is 22.9. The Kier molecular flexibility index (Phi) is 7.99. The smallest absolute Gasteiger partial charge is 0.270 e. The van der Waals surface area contributed by atoms with E-state index in [9.17, 15) is 18.0 Å². The van der Waals surface area contributed by atoms with Crippen LogP contribution >= 0.6 is 11.3 Å². The van der Waals surface area contributed by atoms with Crippen LogP contribution in [0.5, 0.6) is 0 Å². The highest BCUT2D eigenvalue weighted by molar-refractivity contribution is 7.91. The number of hydrogen-bond acceptors (Lipinski definition) is 6. The molecule has 1 atom stereocenters. The van der Waals surface area contributed by atoms with Gasteiger partial charge in [0.15, 0.2) is 0 Å². The first-order valence-electron chi connectivity index (χ1n) is 12.8. The summed E-state index contributed by atoms with van der Waals surface area (Å²) in [6, 6.07) is 7.58. The maximum Gasteiger partial charge on any atom is 0.270 e. The summed E-state index contributed by atoms with van der Waals surface area (Å²) in [7, 11) is -3.79. The summed E-state index contributed by atoms with van der Waals surface area (Å²) >= 11 is 1.59. The summed E-state index contributed by atoms with van der Waals surface area (Å²) in [5, 5.41) is 3.20. The lowest BCUT2D eigenvalue weighted by atomic mass is 9.82. The number of carbonyl (C=O) groups excluding carboxylic acids is 2. The van der Waals surface area contributed by atoms with Crippen molar-refractivity contribution in [1.29, 1.82) is 0 Å². The third-order valence-electron chi connectivity index (χ3n) is 6.83. The van der Waals surface area contributed by atoms with Crippen LogP contribution in [0.1, 0.15) is 86.2 Å². The topological polar surface area (TPSA) is 105 Å². The second kappa shape index (κ2) is 10.8. The number of sulfonamides is 1. The van der Waals surface area contributed by atoms with Gasteiger partial charge in [0.2, 0.25) is 10.0 Å². The molecule has 1 fully saturated rings. The van der Waals surface area contributed by atoms with Gasteiger partial charge >= 0.3 is 0 Å². The number of nitrogens with zero attached hydrogens (tertiary/aromatic N) is 1. The summed E-state index contributed by atoms with van der Waals surface area (Å²) in [6.45, 7) is 6.08. The lowest BCUT2D eigenvalue weighted by Gasteiger charge is -2.35. The van der Waals surface area contributed by atoms with E-state index in [-0.39, 0.29) is 5.57 Å². The number of aryl methyl sites for hydroxylation is 2. The van der Waals surface area contributed by atoms with Crippen molar-refractivity contribution < 1.29 is 18.0 Å². The Bertz CT molecular complexity index is 1260. The molecule has 2 N–H and O–H groups in total. The van der Waals surface area contributed by atoms with E-state index in [1.54, 1.807) is 11.3 Å². The molecule has 194 valence electrons. The van der Waals surface area contributed by atoms with Crippen LogP contribution in [0.3, 0.4) is 0 Å². The van der Waals surface area contributed by atoms with Gasteiger partial charge in [-0.15, -0.1) is 11.3 Å². The van der Waals surface area contributed by atoms with E-state index in [1.165, 1.54) is 30.6 Å². The van der Waals surface area contributed by atoms with Gasteiger partial charge in [0, 0.05) is 17.5 Å². The van der Waals surface area contributed by atoms with Crippen molar-refractivity contribution in [3.05, 3.63) is 57.0 Å². The normalized spacial score (nSPS) is 20.4. The third-order valence-corrected chi connectivity index (χ3v) is 9.97. The number of unbranched alkanes of at least 4 members (excludes halogenated alkanes) is 4. The highest BCUT2D eigenvalue weighted by atomic mass is 32.2. The molecular weight excluding hydrogens is 494 g/mol. The van der Waals surface area contributed by atoms with Crippen LogP contribution in [0.4, 0.5) is 0 Å². The van der Waals surface area contributed by atoms with E-state index in [0.29, 0.717) is 24.8 Å². The first-order chi connectivity index (χ1) is 17.1. The molecule has 2 aromatic rings. The van der Waals surface area contributed by atoms with Crippen LogP contribution in [0.15, 0.2) is 36.0 Å². The zero-order valence-electron chi connectivity index (χ0n) is 21.2. The maximum absolute atomic E-state index is 13.4. The molecule has 1 aliphatic carbocycles. The number of benzene rings is 1. The van der Waals surface area contributed by atoms with E-state index in [2.05, 4.69) is 21.9 Å². The minimum Gasteiger partial charge on any atom is -0.340 e. The van der Waals surface area contributed by atoms with Gasteiger partial charge < -0.3 is 5.32 Å². The van der Waals surface area contributed by atoms with Gasteiger partial charge in [-0.05, 0) is 50.7 Å². The predicted molar refractivity (Wildman–Crippen MR) is 143 cm³/mol. The molecule has 9 heteroatoms. The van der Waals surface area contributed by atoms with Gasteiger partial charge in [0.25, 0.3) is 11.8 Å². The lowest BCUT2D eigenvalue weighted by molar-refractivity contribution is -0.124. The molecule has 36 heavy (non-hydrogen) atoms. The fourth-order valence-electron chi connectivity index (χ4n) is 4.53. The fourth-order valence-corrected chi connectivity index (χ4v) is 6.87. The molecule has 1 unspecified atom stereocenters. The number of carbonyl (C=O) groups is 2. The van der Waals surface area contributed by atoms with Crippen LogP contribution in [-0.2, 0) is 31.6 Å². The highest BCUT2D eigenvalue weighted by Gasteiger charge is 2.44. The molecule has 0 radical (unpaired) electrons. The van der Waals surface area contributed by atoms with Crippen molar-refractivity contribution in [2.24, 2.45) is 0 Å². The minimum absolute atomic E-state index is 0.145. The quantitative estimate of drug-likeness (QED) is 0.322. The lowest BCUT2D eigenvalue weighted by Crippen LogP contribution is -2.50. The summed E-state index contributed by atoms with van der Waals surface area (Å²) in [5.41, 5.74) is 1.35.